The van der Waals surface area contributed by atoms with Crippen LogP contribution in [0, 0.1) is 23.1 Å². The molecule has 1 saturated heterocycles. The molecule has 3 heterocycles. The van der Waals surface area contributed by atoms with Gasteiger partial charge in [0.05, 0.1) is 36.0 Å². The van der Waals surface area contributed by atoms with Crippen molar-refractivity contribution in [3.63, 3.8) is 0 Å². The molecule has 6 nitrogen and oxygen atoms in total. The molecule has 0 unspecified atom stereocenters. The highest BCUT2D eigenvalue weighted by molar-refractivity contribution is 6.30. The lowest BCUT2D eigenvalue weighted by molar-refractivity contribution is -0.0510. The minimum atomic E-state index is -0.306. The summed E-state index contributed by atoms with van der Waals surface area (Å²) in [4.78, 5) is 4.55. The summed E-state index contributed by atoms with van der Waals surface area (Å²) in [6.07, 6.45) is 3.25. The topological polar surface area (TPSA) is 72.2 Å². The Hall–Kier alpha value is -2.22. The minimum absolute atomic E-state index is 0.00586. The van der Waals surface area contributed by atoms with Crippen LogP contribution in [-0.2, 0) is 4.74 Å². The minimum Gasteiger partial charge on any atom is -0.394 e. The Morgan fingerprint density at radius 3 is 2.81 bits per heavy atom. The zero-order valence-electron chi connectivity index (χ0n) is 18.4. The van der Waals surface area contributed by atoms with Crippen molar-refractivity contribution < 1.29 is 14.2 Å². The summed E-state index contributed by atoms with van der Waals surface area (Å²) in [5.41, 5.74) is 2.12. The van der Waals surface area contributed by atoms with E-state index >= 15 is 0 Å². The summed E-state index contributed by atoms with van der Waals surface area (Å²) in [5.74, 6) is 0.278. The number of anilines is 1. The maximum atomic E-state index is 14.3. The van der Waals surface area contributed by atoms with Crippen LogP contribution in [0.1, 0.15) is 51.4 Å². The number of aromatic nitrogens is 3. The first-order valence-electron chi connectivity index (χ1n) is 11.1. The largest absolute Gasteiger partial charge is 0.394 e. The van der Waals surface area contributed by atoms with Gasteiger partial charge in [0.2, 0.25) is 0 Å². The second-order valence-corrected chi connectivity index (χ2v) is 10.2. The van der Waals surface area contributed by atoms with Crippen molar-refractivity contribution in [2.24, 2.45) is 17.3 Å². The number of aliphatic hydroxyl groups is 1. The highest BCUT2D eigenvalue weighted by atomic mass is 35.5. The summed E-state index contributed by atoms with van der Waals surface area (Å²) in [6, 6.07) is 8.17. The summed E-state index contributed by atoms with van der Waals surface area (Å²) in [5, 5.41) is 19.0. The van der Waals surface area contributed by atoms with Crippen molar-refractivity contribution >= 4 is 28.3 Å². The molecule has 1 aromatic carbocycles. The van der Waals surface area contributed by atoms with Gasteiger partial charge in [-0.05, 0) is 43.2 Å². The third-order valence-electron chi connectivity index (χ3n) is 6.98. The van der Waals surface area contributed by atoms with Crippen LogP contribution in [0.5, 0.6) is 0 Å². The number of hydrogen-bond donors (Lipinski definition) is 2. The molecule has 0 spiro atoms. The Labute approximate surface area is 191 Å². The fraction of sp³-hybridized carbons (Fsp3) is 0.500. The van der Waals surface area contributed by atoms with Crippen molar-refractivity contribution in [1.82, 2.24) is 14.8 Å². The van der Waals surface area contributed by atoms with Crippen molar-refractivity contribution in [3.8, 4) is 0 Å². The number of nitrogens with zero attached hydrogens (tertiary/aromatic N) is 3. The van der Waals surface area contributed by atoms with Crippen LogP contribution in [0.4, 0.5) is 10.1 Å². The molecule has 2 aliphatic rings. The lowest BCUT2D eigenvalue weighted by atomic mass is 9.89. The lowest BCUT2D eigenvalue weighted by Crippen LogP contribution is -2.22. The van der Waals surface area contributed by atoms with Crippen LogP contribution in [0.25, 0.3) is 11.0 Å². The normalized spacial score (nSPS) is 27.6. The first-order chi connectivity index (χ1) is 15.3. The van der Waals surface area contributed by atoms with Crippen LogP contribution in [0.15, 0.2) is 36.5 Å². The number of fused-ring (bicyclic) bond motifs is 2. The number of ether oxygens (including phenoxy) is 1. The highest BCUT2D eigenvalue weighted by Gasteiger charge is 2.53. The summed E-state index contributed by atoms with van der Waals surface area (Å²) in [6.45, 7) is 6.42. The van der Waals surface area contributed by atoms with Crippen molar-refractivity contribution in [3.05, 3.63) is 53.1 Å². The number of hydrogen-bond acceptors (Lipinski definition) is 5. The molecule has 32 heavy (non-hydrogen) atoms. The Morgan fingerprint density at radius 1 is 1.31 bits per heavy atom. The van der Waals surface area contributed by atoms with Crippen LogP contribution in [-0.4, -0.2) is 32.6 Å². The van der Waals surface area contributed by atoms with Gasteiger partial charge in [-0.25, -0.2) is 14.1 Å². The zero-order valence-corrected chi connectivity index (χ0v) is 19.2. The van der Waals surface area contributed by atoms with E-state index in [-0.39, 0.29) is 48.0 Å². The molecule has 0 amide bonds. The van der Waals surface area contributed by atoms with Gasteiger partial charge in [-0.1, -0.05) is 43.6 Å². The molecule has 5 atom stereocenters. The smallest absolute Gasteiger partial charge is 0.164 e. The van der Waals surface area contributed by atoms with E-state index in [2.05, 4.69) is 29.2 Å². The zero-order chi connectivity index (χ0) is 22.6. The molecular weight excluding hydrogens is 431 g/mol. The van der Waals surface area contributed by atoms with E-state index in [0.717, 1.165) is 23.9 Å². The highest BCUT2D eigenvalue weighted by Crippen LogP contribution is 2.56. The summed E-state index contributed by atoms with van der Waals surface area (Å²) < 4.78 is 22.3. The van der Waals surface area contributed by atoms with Crippen LogP contribution in [0.2, 0.25) is 5.15 Å². The maximum Gasteiger partial charge on any atom is 0.164 e. The molecule has 1 saturated carbocycles. The van der Waals surface area contributed by atoms with Crippen molar-refractivity contribution in [2.75, 3.05) is 11.9 Å². The monoisotopic (exact) mass is 458 g/mol. The Kier molecular flexibility index (Phi) is 5.39. The SMILES string of the molecule is C[C@H](Nc1cc(Cl)nc2c1cnn2[C@@H]1O[C@H](CO)[C@H]2CC(C)(C)C[C@H]21)c1ccccc1F. The molecule has 170 valence electrons. The number of nitrogens with one attached hydrogen (secondary N) is 1. The predicted octanol–water partition coefficient (Wildman–Crippen LogP) is 5.34. The van der Waals surface area contributed by atoms with Gasteiger partial charge >= 0.3 is 0 Å². The average Bonchev–Trinajstić information content (AvgIpc) is 3.38. The second kappa shape index (κ2) is 7.97. The number of aliphatic hydroxyl groups excluding tert-OH is 1. The van der Waals surface area contributed by atoms with Gasteiger partial charge in [-0.15, -0.1) is 0 Å². The van der Waals surface area contributed by atoms with E-state index in [1.807, 2.05) is 13.0 Å². The fourth-order valence-corrected chi connectivity index (χ4v) is 5.80. The molecule has 0 bridgehead atoms. The molecule has 1 aliphatic heterocycles. The molecule has 2 N–H and O–H groups in total. The van der Waals surface area contributed by atoms with Gasteiger partial charge in [0.25, 0.3) is 0 Å². The molecule has 3 aromatic rings. The van der Waals surface area contributed by atoms with E-state index in [0.29, 0.717) is 16.4 Å². The Balaban J connectivity index is 1.51. The third kappa shape index (κ3) is 3.66. The predicted molar refractivity (Wildman–Crippen MR) is 122 cm³/mol. The summed E-state index contributed by atoms with van der Waals surface area (Å²) in [7, 11) is 0. The number of halogens is 2. The molecule has 2 aromatic heterocycles. The van der Waals surface area contributed by atoms with E-state index in [4.69, 9.17) is 16.3 Å². The van der Waals surface area contributed by atoms with E-state index in [9.17, 15) is 9.50 Å². The van der Waals surface area contributed by atoms with Crippen molar-refractivity contribution in [1.29, 1.82) is 0 Å². The van der Waals surface area contributed by atoms with Crippen LogP contribution < -0.4 is 5.32 Å². The van der Waals surface area contributed by atoms with Gasteiger partial charge in [0.15, 0.2) is 11.9 Å². The molecule has 2 fully saturated rings. The quantitative estimate of drug-likeness (QED) is 0.505. The van der Waals surface area contributed by atoms with Gasteiger partial charge in [-0.2, -0.15) is 5.10 Å². The second-order valence-electron chi connectivity index (χ2n) is 9.85. The lowest BCUT2D eigenvalue weighted by Gasteiger charge is -2.24. The number of rotatable bonds is 5. The standard InChI is InChI=1S/C24H28ClFN4O2/c1-13(14-6-4-5-7-18(14)26)28-19-8-21(25)29-22-17(19)11-27-30(22)23-16-10-24(2,3)9-15(16)20(12-31)32-23/h4-8,11,13,15-16,20,23,31H,9-10,12H2,1-3H3,(H,28,29)/t13-,15-,16+,20+,23+/m0/s1. The van der Waals surface area contributed by atoms with Gasteiger partial charge in [0, 0.05) is 11.5 Å². The average molecular weight is 459 g/mol. The first-order valence-corrected chi connectivity index (χ1v) is 11.5. The first kappa shape index (κ1) is 21.6. The van der Waals surface area contributed by atoms with E-state index < -0.39 is 0 Å². The number of pyridine rings is 1. The van der Waals surface area contributed by atoms with E-state index in [1.54, 1.807) is 29.1 Å². The molecule has 5 rings (SSSR count). The Bertz CT molecular complexity index is 1150. The van der Waals surface area contributed by atoms with Gasteiger partial charge in [-0.3, -0.25) is 0 Å². The number of benzene rings is 1. The van der Waals surface area contributed by atoms with Crippen LogP contribution >= 0.6 is 11.6 Å². The maximum absolute atomic E-state index is 14.3. The molecular formula is C24H28ClFN4O2. The van der Waals surface area contributed by atoms with Crippen LogP contribution in [0.3, 0.4) is 0 Å². The van der Waals surface area contributed by atoms with E-state index in [1.165, 1.54) is 6.07 Å². The third-order valence-corrected chi connectivity index (χ3v) is 7.18. The summed E-state index contributed by atoms with van der Waals surface area (Å²) >= 11 is 6.39. The Morgan fingerprint density at radius 2 is 2.06 bits per heavy atom. The fourth-order valence-electron chi connectivity index (χ4n) is 5.61. The molecule has 0 radical (unpaired) electrons. The molecule has 8 heteroatoms. The van der Waals surface area contributed by atoms with Crippen molar-refractivity contribution in [2.45, 2.75) is 52.0 Å². The van der Waals surface area contributed by atoms with Gasteiger partial charge < -0.3 is 15.2 Å². The van der Waals surface area contributed by atoms with Gasteiger partial charge in [0.1, 0.15) is 11.0 Å². The molecule has 1 aliphatic carbocycles.